The quantitative estimate of drug-likeness (QED) is 0.203. The smallest absolute Gasteiger partial charge is 0.264 e. The average molecular weight is 525 g/mol. The van der Waals surface area contributed by atoms with Crippen LogP contribution in [-0.2, 0) is 19.0 Å². The summed E-state index contributed by atoms with van der Waals surface area (Å²) in [5.41, 5.74) is 2.27. The fourth-order valence-electron chi connectivity index (χ4n) is 4.86. The maximum atomic E-state index is 13.7. The Morgan fingerprint density at radius 1 is 1.03 bits per heavy atom. The van der Waals surface area contributed by atoms with Crippen LogP contribution in [0.4, 0.5) is 4.39 Å². The Bertz CT molecular complexity index is 1040. The summed E-state index contributed by atoms with van der Waals surface area (Å²) in [4.78, 5) is 0. The van der Waals surface area contributed by atoms with Crippen LogP contribution < -0.4 is 9.47 Å². The van der Waals surface area contributed by atoms with Gasteiger partial charge in [-0.1, -0.05) is 56.7 Å². The van der Waals surface area contributed by atoms with Crippen LogP contribution in [0.5, 0.6) is 11.5 Å². The van der Waals surface area contributed by atoms with Crippen molar-refractivity contribution in [1.82, 2.24) is 0 Å². The minimum Gasteiger partial charge on any atom is -0.497 e. The second-order valence-electron chi connectivity index (χ2n) is 9.14. The van der Waals surface area contributed by atoms with Crippen LogP contribution >= 0.6 is 11.8 Å². The fraction of sp³-hybridized carbons (Fsp3) is 0.556. The molecule has 0 saturated carbocycles. The van der Waals surface area contributed by atoms with E-state index in [2.05, 4.69) is 12.3 Å². The monoisotopic (exact) mass is 524 g/mol. The summed E-state index contributed by atoms with van der Waals surface area (Å²) in [5, 5.41) is 0. The summed E-state index contributed by atoms with van der Waals surface area (Å²) in [6.45, 7) is 0.799. The molecule has 2 aromatic rings. The van der Waals surface area contributed by atoms with E-state index in [-0.39, 0.29) is 23.1 Å². The highest BCUT2D eigenvalue weighted by Gasteiger charge is 2.45. The van der Waals surface area contributed by atoms with Crippen molar-refractivity contribution < 1.29 is 26.5 Å². The molecule has 1 aliphatic heterocycles. The number of thioether (sulfide) groups is 1. The number of benzene rings is 2. The minimum absolute atomic E-state index is 0.230. The van der Waals surface area contributed by atoms with Gasteiger partial charge in [0.25, 0.3) is 10.1 Å². The summed E-state index contributed by atoms with van der Waals surface area (Å²) < 4.78 is 51.8. The number of hydrogen-bond acceptors (Lipinski definition) is 6. The Labute approximate surface area is 213 Å². The molecule has 0 aromatic heterocycles. The first-order valence-electron chi connectivity index (χ1n) is 12.3. The molecule has 2 atom stereocenters. The molecule has 3 rings (SSSR count). The van der Waals surface area contributed by atoms with E-state index >= 15 is 0 Å². The third-order valence-electron chi connectivity index (χ3n) is 6.73. The van der Waals surface area contributed by atoms with Crippen molar-refractivity contribution >= 4 is 21.9 Å². The summed E-state index contributed by atoms with van der Waals surface area (Å²) in [5.74, 6) is 1.66. The minimum atomic E-state index is -3.34. The molecule has 5 nitrogen and oxygen atoms in total. The average Bonchev–Trinajstić information content (AvgIpc) is 2.84. The van der Waals surface area contributed by atoms with E-state index in [4.69, 9.17) is 13.7 Å². The van der Waals surface area contributed by atoms with Gasteiger partial charge in [-0.15, -0.1) is 11.8 Å². The number of fused-ring (bicyclic) bond motifs is 1. The van der Waals surface area contributed by atoms with Gasteiger partial charge in [0.2, 0.25) is 0 Å². The first kappa shape index (κ1) is 27.8. The molecular formula is C27H37FO5S2. The van der Waals surface area contributed by atoms with Gasteiger partial charge in [0.1, 0.15) is 23.9 Å². The molecule has 0 amide bonds. The Morgan fingerprint density at radius 3 is 2.31 bits per heavy atom. The SMILES string of the molecule is COc1ccc2c(c1)OCC(SC)(c1ccc(F)cc1)C2CCCCCCCCCOS(C)(=O)=O. The van der Waals surface area contributed by atoms with E-state index in [0.29, 0.717) is 6.61 Å². The maximum absolute atomic E-state index is 13.7. The third-order valence-corrected chi connectivity index (χ3v) is 8.69. The van der Waals surface area contributed by atoms with Crippen LogP contribution in [-0.4, -0.2) is 41.3 Å². The molecule has 1 aliphatic rings. The lowest BCUT2D eigenvalue weighted by molar-refractivity contribution is 0.210. The lowest BCUT2D eigenvalue weighted by atomic mass is 9.76. The Morgan fingerprint density at radius 2 is 1.69 bits per heavy atom. The van der Waals surface area contributed by atoms with Gasteiger partial charge in [0, 0.05) is 12.0 Å². The predicted molar refractivity (Wildman–Crippen MR) is 141 cm³/mol. The van der Waals surface area contributed by atoms with Gasteiger partial charge < -0.3 is 9.47 Å². The zero-order valence-electron chi connectivity index (χ0n) is 20.9. The molecular weight excluding hydrogens is 487 g/mol. The molecule has 0 N–H and O–H groups in total. The molecule has 8 heteroatoms. The molecule has 2 unspecified atom stereocenters. The fourth-order valence-corrected chi connectivity index (χ4v) is 6.36. The molecule has 0 spiro atoms. The van der Waals surface area contributed by atoms with Gasteiger partial charge in [0.05, 0.1) is 24.7 Å². The summed E-state index contributed by atoms with van der Waals surface area (Å²) in [7, 11) is -1.68. The van der Waals surface area contributed by atoms with Gasteiger partial charge in [-0.2, -0.15) is 8.42 Å². The van der Waals surface area contributed by atoms with Crippen molar-refractivity contribution in [1.29, 1.82) is 0 Å². The van der Waals surface area contributed by atoms with Crippen molar-refractivity contribution in [2.45, 2.75) is 62.0 Å². The zero-order valence-corrected chi connectivity index (χ0v) is 22.6. The number of halogens is 1. The van der Waals surface area contributed by atoms with Gasteiger partial charge in [-0.25, -0.2) is 4.39 Å². The second-order valence-corrected chi connectivity index (χ2v) is 11.9. The molecule has 0 aliphatic carbocycles. The van der Waals surface area contributed by atoms with Crippen LogP contribution in [0.2, 0.25) is 0 Å². The lowest BCUT2D eigenvalue weighted by Crippen LogP contribution is -2.40. The third kappa shape index (κ3) is 7.61. The van der Waals surface area contributed by atoms with Crippen LogP contribution in [0, 0.1) is 5.82 Å². The Kier molecular flexibility index (Phi) is 10.3. The van der Waals surface area contributed by atoms with Gasteiger partial charge in [0.15, 0.2) is 0 Å². The molecule has 0 radical (unpaired) electrons. The van der Waals surface area contributed by atoms with Gasteiger partial charge >= 0.3 is 0 Å². The standard InChI is InChI=1S/C27H37FO5S2/c1-31-23-16-17-24-25(11-9-7-5-4-6-8-10-18-33-35(3,29)30)27(34-2,20-32-26(24)19-23)21-12-14-22(28)15-13-21/h12-17,19,25H,4-11,18,20H2,1-3H3. The van der Waals surface area contributed by atoms with Crippen molar-refractivity contribution in [3.05, 3.63) is 59.4 Å². The number of unbranched alkanes of at least 4 members (excludes halogenated alkanes) is 6. The summed E-state index contributed by atoms with van der Waals surface area (Å²) in [6, 6.07) is 12.9. The Balaban J connectivity index is 1.61. The number of rotatable bonds is 14. The van der Waals surface area contributed by atoms with E-state index in [1.165, 1.54) is 17.7 Å². The molecule has 194 valence electrons. The van der Waals surface area contributed by atoms with Gasteiger partial charge in [-0.05, 0) is 48.4 Å². The first-order chi connectivity index (χ1) is 16.8. The van der Waals surface area contributed by atoms with E-state index in [1.807, 2.05) is 24.3 Å². The van der Waals surface area contributed by atoms with Crippen molar-refractivity contribution in [2.75, 3.05) is 32.8 Å². The van der Waals surface area contributed by atoms with Crippen molar-refractivity contribution in [3.63, 3.8) is 0 Å². The molecule has 0 saturated heterocycles. The van der Waals surface area contributed by atoms with E-state index < -0.39 is 10.1 Å². The highest BCUT2D eigenvalue weighted by atomic mass is 32.2. The van der Waals surface area contributed by atoms with Gasteiger partial charge in [-0.3, -0.25) is 4.18 Å². The normalized spacial score (nSPS) is 19.7. The predicted octanol–water partition coefficient (Wildman–Crippen LogP) is 6.67. The Hall–Kier alpha value is -1.77. The molecule has 2 aromatic carbocycles. The van der Waals surface area contributed by atoms with Crippen molar-refractivity contribution in [3.8, 4) is 11.5 Å². The second kappa shape index (κ2) is 13.0. The molecule has 0 bridgehead atoms. The van der Waals surface area contributed by atoms with Crippen LogP contribution in [0.1, 0.15) is 68.4 Å². The first-order valence-corrected chi connectivity index (χ1v) is 15.3. The summed E-state index contributed by atoms with van der Waals surface area (Å²) in [6.07, 6.45) is 11.5. The van der Waals surface area contributed by atoms with Crippen LogP contribution in [0.25, 0.3) is 0 Å². The molecule has 0 fully saturated rings. The van der Waals surface area contributed by atoms with Crippen LogP contribution in [0.3, 0.4) is 0 Å². The van der Waals surface area contributed by atoms with E-state index in [9.17, 15) is 12.8 Å². The molecule has 35 heavy (non-hydrogen) atoms. The molecule has 1 heterocycles. The van der Waals surface area contributed by atoms with Crippen LogP contribution in [0.15, 0.2) is 42.5 Å². The maximum Gasteiger partial charge on any atom is 0.264 e. The topological polar surface area (TPSA) is 61.8 Å². The lowest BCUT2D eigenvalue weighted by Gasteiger charge is -2.44. The zero-order chi connectivity index (χ0) is 25.3. The van der Waals surface area contributed by atoms with E-state index in [0.717, 1.165) is 74.7 Å². The number of methoxy groups -OCH3 is 1. The summed E-state index contributed by atoms with van der Waals surface area (Å²) >= 11 is 1.78. The number of hydrogen-bond donors (Lipinski definition) is 0. The largest absolute Gasteiger partial charge is 0.497 e. The number of ether oxygens (including phenoxy) is 2. The highest BCUT2D eigenvalue weighted by Crippen LogP contribution is 2.54. The highest BCUT2D eigenvalue weighted by molar-refractivity contribution is 7.99. The van der Waals surface area contributed by atoms with E-state index in [1.54, 1.807) is 18.9 Å². The van der Waals surface area contributed by atoms with Crippen molar-refractivity contribution in [2.24, 2.45) is 0 Å².